The maximum Gasteiger partial charge on any atom is 0.417 e. The Kier molecular flexibility index (Phi) is 3.94. The van der Waals surface area contributed by atoms with Crippen molar-refractivity contribution in [2.45, 2.75) is 25.1 Å². The molecule has 0 N–H and O–H groups in total. The lowest BCUT2D eigenvalue weighted by Crippen LogP contribution is -2.36. The van der Waals surface area contributed by atoms with Crippen LogP contribution in [0.4, 0.5) is 18.9 Å². The van der Waals surface area contributed by atoms with Crippen LogP contribution in [0.5, 0.6) is 0 Å². The van der Waals surface area contributed by atoms with E-state index >= 15 is 0 Å². The third kappa shape index (κ3) is 3.13. The zero-order chi connectivity index (χ0) is 16.4. The highest BCUT2D eigenvalue weighted by Gasteiger charge is 2.34. The Balaban J connectivity index is 1.85. The molecule has 0 saturated carbocycles. The number of rotatable bonds is 2. The predicted octanol–water partition coefficient (Wildman–Crippen LogP) is 3.01. The van der Waals surface area contributed by atoms with E-state index in [1.54, 1.807) is 17.1 Å². The summed E-state index contributed by atoms with van der Waals surface area (Å²) >= 11 is 0. The van der Waals surface area contributed by atoms with E-state index in [-0.39, 0.29) is 11.6 Å². The first-order valence-corrected chi connectivity index (χ1v) is 7.19. The van der Waals surface area contributed by atoms with Gasteiger partial charge in [0.15, 0.2) is 0 Å². The Morgan fingerprint density at radius 3 is 2.78 bits per heavy atom. The summed E-state index contributed by atoms with van der Waals surface area (Å²) in [6.07, 6.45) is 0.417. The maximum absolute atomic E-state index is 12.9. The van der Waals surface area contributed by atoms with Crippen molar-refractivity contribution in [1.29, 1.82) is 5.26 Å². The normalized spacial score (nSPS) is 18.7. The van der Waals surface area contributed by atoms with Gasteiger partial charge >= 0.3 is 6.18 Å². The molecule has 1 saturated heterocycles. The van der Waals surface area contributed by atoms with Crippen LogP contribution in [-0.2, 0) is 6.18 Å². The summed E-state index contributed by atoms with van der Waals surface area (Å²) in [5, 5.41) is 13.1. The lowest BCUT2D eigenvalue weighted by molar-refractivity contribution is -0.137. The van der Waals surface area contributed by atoms with E-state index in [9.17, 15) is 13.2 Å². The minimum Gasteiger partial charge on any atom is -0.369 e. The molecule has 1 atom stereocenters. The standard InChI is InChI=1S/C15H14F3N5/c16-15(17,18)14-4-3-12(6-11(14)7-19)22-5-1-2-13(8-22)23-10-20-9-21-23/h3-4,6,9-10,13H,1-2,5,8H2/t13-/m0/s1. The summed E-state index contributed by atoms with van der Waals surface area (Å²) in [5.41, 5.74) is -0.620. The van der Waals surface area contributed by atoms with Crippen LogP contribution in [0, 0.1) is 11.3 Å². The number of nitriles is 1. The molecule has 120 valence electrons. The van der Waals surface area contributed by atoms with Crippen molar-refractivity contribution in [3.05, 3.63) is 42.0 Å². The maximum atomic E-state index is 12.9. The molecule has 0 bridgehead atoms. The van der Waals surface area contributed by atoms with E-state index in [0.29, 0.717) is 12.2 Å². The first kappa shape index (κ1) is 15.3. The van der Waals surface area contributed by atoms with E-state index in [2.05, 4.69) is 10.1 Å². The van der Waals surface area contributed by atoms with Gasteiger partial charge in [-0.1, -0.05) is 0 Å². The number of halogens is 3. The average Bonchev–Trinajstić information content (AvgIpc) is 3.08. The zero-order valence-electron chi connectivity index (χ0n) is 12.2. The second-order valence-electron chi connectivity index (χ2n) is 5.46. The fourth-order valence-electron chi connectivity index (χ4n) is 2.88. The van der Waals surface area contributed by atoms with Gasteiger partial charge in [0.1, 0.15) is 12.7 Å². The highest BCUT2D eigenvalue weighted by atomic mass is 19.4. The second-order valence-corrected chi connectivity index (χ2v) is 5.46. The van der Waals surface area contributed by atoms with Gasteiger partial charge in [-0.25, -0.2) is 9.67 Å². The number of anilines is 1. The largest absolute Gasteiger partial charge is 0.417 e. The fraction of sp³-hybridized carbons (Fsp3) is 0.400. The van der Waals surface area contributed by atoms with Gasteiger partial charge in [-0.2, -0.15) is 23.5 Å². The van der Waals surface area contributed by atoms with E-state index < -0.39 is 11.7 Å². The summed E-state index contributed by atoms with van der Waals surface area (Å²) in [7, 11) is 0. The van der Waals surface area contributed by atoms with Gasteiger partial charge in [-0.3, -0.25) is 0 Å². The van der Waals surface area contributed by atoms with Crippen LogP contribution < -0.4 is 4.90 Å². The van der Waals surface area contributed by atoms with Crippen molar-refractivity contribution < 1.29 is 13.2 Å². The number of hydrogen-bond donors (Lipinski definition) is 0. The molecule has 5 nitrogen and oxygen atoms in total. The van der Waals surface area contributed by atoms with Crippen LogP contribution in [0.1, 0.15) is 30.0 Å². The van der Waals surface area contributed by atoms with Crippen LogP contribution in [0.2, 0.25) is 0 Å². The van der Waals surface area contributed by atoms with Gasteiger partial charge in [-0.15, -0.1) is 0 Å². The number of hydrogen-bond acceptors (Lipinski definition) is 4. The SMILES string of the molecule is N#Cc1cc(N2CCC[C@H](n3cncn3)C2)ccc1C(F)(F)F. The Hall–Kier alpha value is -2.56. The molecule has 23 heavy (non-hydrogen) atoms. The monoisotopic (exact) mass is 321 g/mol. The summed E-state index contributed by atoms with van der Waals surface area (Å²) in [6, 6.07) is 5.49. The summed E-state index contributed by atoms with van der Waals surface area (Å²) in [6.45, 7) is 1.36. The van der Waals surface area contributed by atoms with Crippen molar-refractivity contribution in [2.75, 3.05) is 18.0 Å². The zero-order valence-corrected chi connectivity index (χ0v) is 12.2. The number of aromatic nitrogens is 3. The summed E-state index contributed by atoms with van der Waals surface area (Å²) in [5.74, 6) is 0. The van der Waals surface area contributed by atoms with Crippen LogP contribution in [-0.4, -0.2) is 27.9 Å². The van der Waals surface area contributed by atoms with Gasteiger partial charge in [0.2, 0.25) is 0 Å². The van der Waals surface area contributed by atoms with Crippen LogP contribution in [0.3, 0.4) is 0 Å². The van der Waals surface area contributed by atoms with E-state index in [4.69, 9.17) is 5.26 Å². The quantitative estimate of drug-likeness (QED) is 0.853. The predicted molar refractivity (Wildman–Crippen MR) is 76.7 cm³/mol. The molecule has 2 heterocycles. The molecule has 0 unspecified atom stereocenters. The van der Waals surface area contributed by atoms with Crippen molar-refractivity contribution in [3.63, 3.8) is 0 Å². The molecule has 0 spiro atoms. The number of benzene rings is 1. The minimum atomic E-state index is -4.52. The average molecular weight is 321 g/mol. The summed E-state index contributed by atoms with van der Waals surface area (Å²) in [4.78, 5) is 5.91. The van der Waals surface area contributed by atoms with Gasteiger partial charge < -0.3 is 4.90 Å². The number of nitrogens with zero attached hydrogens (tertiary/aromatic N) is 5. The first-order chi connectivity index (χ1) is 11.0. The molecule has 1 aliphatic heterocycles. The molecule has 1 aromatic carbocycles. The molecule has 0 aliphatic carbocycles. The van der Waals surface area contributed by atoms with Gasteiger partial charge in [-0.05, 0) is 31.0 Å². The molecule has 3 rings (SSSR count). The van der Waals surface area contributed by atoms with Crippen LogP contribution >= 0.6 is 0 Å². The third-order valence-electron chi connectivity index (χ3n) is 4.00. The van der Waals surface area contributed by atoms with Crippen LogP contribution in [0.25, 0.3) is 0 Å². The minimum absolute atomic E-state index is 0.124. The van der Waals surface area contributed by atoms with E-state index in [1.807, 2.05) is 4.90 Å². The van der Waals surface area contributed by atoms with Crippen LogP contribution in [0.15, 0.2) is 30.9 Å². The van der Waals surface area contributed by atoms with Crippen molar-refractivity contribution in [3.8, 4) is 6.07 Å². The third-order valence-corrected chi connectivity index (χ3v) is 4.00. The van der Waals surface area contributed by atoms with Gasteiger partial charge in [0, 0.05) is 18.8 Å². The first-order valence-electron chi connectivity index (χ1n) is 7.19. The van der Waals surface area contributed by atoms with E-state index in [0.717, 1.165) is 25.5 Å². The molecule has 0 radical (unpaired) electrons. The van der Waals surface area contributed by atoms with Crippen molar-refractivity contribution in [1.82, 2.24) is 14.8 Å². The Morgan fingerprint density at radius 2 is 2.13 bits per heavy atom. The molecule has 1 fully saturated rings. The molecule has 1 aliphatic rings. The molecule has 1 aromatic heterocycles. The smallest absolute Gasteiger partial charge is 0.369 e. The molecule has 8 heteroatoms. The fourth-order valence-corrected chi connectivity index (χ4v) is 2.88. The number of alkyl halides is 3. The van der Waals surface area contributed by atoms with Crippen molar-refractivity contribution in [2.24, 2.45) is 0 Å². The lowest BCUT2D eigenvalue weighted by atomic mass is 10.0. The summed E-state index contributed by atoms with van der Waals surface area (Å²) < 4.78 is 40.4. The molecule has 2 aromatic rings. The highest BCUT2D eigenvalue weighted by molar-refractivity contribution is 5.55. The Bertz CT molecular complexity index is 718. The second kappa shape index (κ2) is 5.91. The molecule has 0 amide bonds. The highest BCUT2D eigenvalue weighted by Crippen LogP contribution is 2.34. The topological polar surface area (TPSA) is 57.7 Å². The lowest BCUT2D eigenvalue weighted by Gasteiger charge is -2.34. The molecular formula is C15H14F3N5. The van der Waals surface area contributed by atoms with Crippen molar-refractivity contribution >= 4 is 5.69 Å². The number of piperidine rings is 1. The molecular weight excluding hydrogens is 307 g/mol. The van der Waals surface area contributed by atoms with Gasteiger partial charge in [0.25, 0.3) is 0 Å². The van der Waals surface area contributed by atoms with Gasteiger partial charge in [0.05, 0.1) is 23.2 Å². The van der Waals surface area contributed by atoms with E-state index in [1.165, 1.54) is 18.5 Å². The Morgan fingerprint density at radius 1 is 1.30 bits per heavy atom. The Labute approximate surface area is 131 Å².